The molecule has 0 atom stereocenters. The van der Waals surface area contributed by atoms with Gasteiger partial charge < -0.3 is 4.74 Å². The number of carbonyl (C=O) groups is 1. The summed E-state index contributed by atoms with van der Waals surface area (Å²) in [6.07, 6.45) is 3.88. The highest BCUT2D eigenvalue weighted by atomic mass is 32.1. The van der Waals surface area contributed by atoms with E-state index >= 15 is 0 Å². The monoisotopic (exact) mass is 290 g/mol. The van der Waals surface area contributed by atoms with Crippen LogP contribution in [-0.4, -0.2) is 17.5 Å². The molecule has 0 spiro atoms. The molecule has 1 N–H and O–H groups in total. The first-order chi connectivity index (χ1) is 9.69. The Balaban J connectivity index is 1.93. The van der Waals surface area contributed by atoms with Crippen LogP contribution >= 0.6 is 11.3 Å². The molecule has 0 aliphatic heterocycles. The third kappa shape index (κ3) is 4.06. The number of nitrogens with one attached hydrogen (secondary N) is 1. The number of benzene rings is 1. The van der Waals surface area contributed by atoms with Gasteiger partial charge in [-0.25, -0.2) is 4.98 Å². The van der Waals surface area contributed by atoms with E-state index < -0.39 is 0 Å². The van der Waals surface area contributed by atoms with Gasteiger partial charge in [0.25, 0.3) is 5.91 Å². The highest BCUT2D eigenvalue weighted by molar-refractivity contribution is 7.15. The first kappa shape index (κ1) is 14.5. The number of hydrogen-bond acceptors (Lipinski definition) is 4. The molecule has 2 rings (SSSR count). The smallest absolute Gasteiger partial charge is 0.257 e. The molecule has 0 unspecified atom stereocenters. The zero-order valence-corrected chi connectivity index (χ0v) is 12.5. The Morgan fingerprint density at radius 1 is 1.35 bits per heavy atom. The Bertz CT molecular complexity index is 564. The van der Waals surface area contributed by atoms with E-state index in [1.807, 2.05) is 19.1 Å². The van der Waals surface area contributed by atoms with Crippen molar-refractivity contribution >= 4 is 22.4 Å². The fraction of sp³-hybridized carbons (Fsp3) is 0.333. The Morgan fingerprint density at radius 3 is 2.70 bits per heavy atom. The predicted molar refractivity (Wildman–Crippen MR) is 81.6 cm³/mol. The Labute approximate surface area is 122 Å². The minimum absolute atomic E-state index is 0.153. The van der Waals surface area contributed by atoms with Gasteiger partial charge >= 0.3 is 0 Å². The lowest BCUT2D eigenvalue weighted by Crippen LogP contribution is -2.11. The summed E-state index contributed by atoms with van der Waals surface area (Å²) in [6.45, 7) is 4.79. The number of amides is 1. The number of carbonyl (C=O) groups excluding carboxylic acids is 1. The molecule has 0 saturated heterocycles. The van der Waals surface area contributed by atoms with Crippen molar-refractivity contribution in [3.8, 4) is 5.75 Å². The van der Waals surface area contributed by atoms with Gasteiger partial charge in [0.2, 0.25) is 0 Å². The number of rotatable bonds is 6. The molecule has 0 aliphatic rings. The number of aromatic nitrogens is 1. The normalized spacial score (nSPS) is 10.3. The average molecular weight is 290 g/mol. The van der Waals surface area contributed by atoms with Crippen LogP contribution in [0.25, 0.3) is 0 Å². The summed E-state index contributed by atoms with van der Waals surface area (Å²) in [4.78, 5) is 17.2. The third-order valence-corrected chi connectivity index (χ3v) is 3.55. The molecule has 1 amide bonds. The Morgan fingerprint density at radius 2 is 2.10 bits per heavy atom. The zero-order chi connectivity index (χ0) is 14.4. The van der Waals surface area contributed by atoms with Gasteiger partial charge in [0.05, 0.1) is 6.61 Å². The second-order valence-electron chi connectivity index (χ2n) is 4.46. The average Bonchev–Trinajstić information content (AvgIpc) is 2.85. The van der Waals surface area contributed by atoms with Gasteiger partial charge in [-0.05, 0) is 37.6 Å². The summed E-state index contributed by atoms with van der Waals surface area (Å²) in [5, 5.41) is 3.40. The van der Waals surface area contributed by atoms with Crippen LogP contribution in [0.5, 0.6) is 5.75 Å². The van der Waals surface area contributed by atoms with Crippen LogP contribution in [-0.2, 0) is 0 Å². The Hall–Kier alpha value is -1.88. The van der Waals surface area contributed by atoms with Crippen molar-refractivity contribution in [3.05, 3.63) is 40.9 Å². The van der Waals surface area contributed by atoms with E-state index in [-0.39, 0.29) is 5.91 Å². The van der Waals surface area contributed by atoms with E-state index in [2.05, 4.69) is 17.2 Å². The summed E-state index contributed by atoms with van der Waals surface area (Å²) in [6, 6.07) is 7.16. The van der Waals surface area contributed by atoms with Gasteiger partial charge in [-0.2, -0.15) is 0 Å². The first-order valence-corrected chi connectivity index (χ1v) is 7.47. The summed E-state index contributed by atoms with van der Waals surface area (Å²) in [5.41, 5.74) is 0.598. The van der Waals surface area contributed by atoms with Crippen molar-refractivity contribution in [2.45, 2.75) is 26.7 Å². The van der Waals surface area contributed by atoms with Gasteiger partial charge in [-0.1, -0.05) is 13.3 Å². The number of aryl methyl sites for hydroxylation is 1. The maximum absolute atomic E-state index is 12.0. The molecule has 106 valence electrons. The molecule has 0 bridgehead atoms. The zero-order valence-electron chi connectivity index (χ0n) is 11.7. The number of hydrogen-bond donors (Lipinski definition) is 1. The lowest BCUT2D eigenvalue weighted by molar-refractivity contribution is 0.102. The molecule has 4 nitrogen and oxygen atoms in total. The van der Waals surface area contributed by atoms with Crippen molar-refractivity contribution in [2.75, 3.05) is 11.9 Å². The van der Waals surface area contributed by atoms with Crippen molar-refractivity contribution < 1.29 is 9.53 Å². The van der Waals surface area contributed by atoms with Crippen molar-refractivity contribution in [1.82, 2.24) is 4.98 Å². The lowest BCUT2D eigenvalue weighted by atomic mass is 10.2. The van der Waals surface area contributed by atoms with E-state index in [9.17, 15) is 4.79 Å². The van der Waals surface area contributed by atoms with E-state index in [4.69, 9.17) is 4.74 Å². The van der Waals surface area contributed by atoms with Gasteiger partial charge in [-0.15, -0.1) is 11.3 Å². The largest absolute Gasteiger partial charge is 0.494 e. The Kier molecular flexibility index (Phi) is 5.12. The quantitative estimate of drug-likeness (QED) is 0.821. The molecule has 2 aromatic rings. The fourth-order valence-corrected chi connectivity index (χ4v) is 2.28. The van der Waals surface area contributed by atoms with Gasteiger partial charge in [0.1, 0.15) is 5.75 Å². The minimum Gasteiger partial charge on any atom is -0.494 e. The summed E-state index contributed by atoms with van der Waals surface area (Å²) in [5.74, 6) is 0.638. The van der Waals surface area contributed by atoms with Crippen LogP contribution in [0.4, 0.5) is 5.13 Å². The molecule has 0 aliphatic carbocycles. The molecule has 0 saturated carbocycles. The molecular weight excluding hydrogens is 272 g/mol. The van der Waals surface area contributed by atoms with Crippen molar-refractivity contribution in [3.63, 3.8) is 0 Å². The first-order valence-electron chi connectivity index (χ1n) is 6.65. The predicted octanol–water partition coefficient (Wildman–Crippen LogP) is 3.88. The number of anilines is 1. The van der Waals surface area contributed by atoms with E-state index in [0.29, 0.717) is 17.3 Å². The van der Waals surface area contributed by atoms with Gasteiger partial charge in [-0.3, -0.25) is 10.1 Å². The maximum atomic E-state index is 12.0. The van der Waals surface area contributed by atoms with Crippen LogP contribution in [0.1, 0.15) is 35.0 Å². The molecular formula is C15H18N2O2S. The number of nitrogens with zero attached hydrogens (tertiary/aromatic N) is 1. The molecule has 20 heavy (non-hydrogen) atoms. The van der Waals surface area contributed by atoms with Gasteiger partial charge in [0, 0.05) is 16.6 Å². The second-order valence-corrected chi connectivity index (χ2v) is 5.69. The topological polar surface area (TPSA) is 51.2 Å². The number of unbranched alkanes of at least 4 members (excludes halogenated alkanes) is 1. The van der Waals surface area contributed by atoms with Crippen molar-refractivity contribution in [1.29, 1.82) is 0 Å². The van der Waals surface area contributed by atoms with E-state index in [1.54, 1.807) is 18.3 Å². The highest BCUT2D eigenvalue weighted by Gasteiger charge is 2.08. The van der Waals surface area contributed by atoms with Crippen LogP contribution in [0, 0.1) is 6.92 Å². The van der Waals surface area contributed by atoms with E-state index in [0.717, 1.165) is 23.5 Å². The molecule has 1 aromatic heterocycles. The number of thiazole rings is 1. The highest BCUT2D eigenvalue weighted by Crippen LogP contribution is 2.18. The van der Waals surface area contributed by atoms with Crippen LogP contribution in [0.2, 0.25) is 0 Å². The molecule has 1 heterocycles. The standard InChI is InChI=1S/C15H18N2O2S/c1-3-4-9-19-13-7-5-12(6-8-13)14(18)17-15-16-10-11(2)20-15/h5-8,10H,3-4,9H2,1-2H3,(H,16,17,18). The van der Waals surface area contributed by atoms with Crippen LogP contribution in [0.3, 0.4) is 0 Å². The van der Waals surface area contributed by atoms with Crippen LogP contribution < -0.4 is 10.1 Å². The lowest BCUT2D eigenvalue weighted by Gasteiger charge is -2.06. The minimum atomic E-state index is -0.153. The molecule has 1 aromatic carbocycles. The molecule has 0 radical (unpaired) electrons. The summed E-state index contributed by atoms with van der Waals surface area (Å²) >= 11 is 1.46. The second kappa shape index (κ2) is 7.05. The maximum Gasteiger partial charge on any atom is 0.257 e. The van der Waals surface area contributed by atoms with Crippen LogP contribution in [0.15, 0.2) is 30.5 Å². The summed E-state index contributed by atoms with van der Waals surface area (Å²) in [7, 11) is 0. The number of ether oxygens (including phenoxy) is 1. The fourth-order valence-electron chi connectivity index (χ4n) is 1.62. The van der Waals surface area contributed by atoms with E-state index in [1.165, 1.54) is 11.3 Å². The van der Waals surface area contributed by atoms with Gasteiger partial charge in [0.15, 0.2) is 5.13 Å². The molecule has 5 heteroatoms. The van der Waals surface area contributed by atoms with Crippen molar-refractivity contribution in [2.24, 2.45) is 0 Å². The third-order valence-electron chi connectivity index (χ3n) is 2.72. The summed E-state index contributed by atoms with van der Waals surface area (Å²) < 4.78 is 5.56. The molecule has 0 fully saturated rings. The SMILES string of the molecule is CCCCOc1ccc(C(=O)Nc2ncc(C)s2)cc1.